The first-order valence-electron chi connectivity index (χ1n) is 8.46. The van der Waals surface area contributed by atoms with Crippen molar-refractivity contribution in [3.8, 4) is 23.1 Å². The minimum atomic E-state index is -0.383. The molecule has 25 heavy (non-hydrogen) atoms. The molecule has 1 aromatic heterocycles. The fourth-order valence-corrected chi connectivity index (χ4v) is 3.84. The molecule has 130 valence electrons. The van der Waals surface area contributed by atoms with Crippen LogP contribution >= 0.6 is 15.9 Å². The molecule has 5 nitrogen and oxygen atoms in total. The molecule has 7 heteroatoms. The standard InChI is InChI=1S/C18H18BrFN4O/c1-23-18(13(19)10-22-23)16-12(9-21)15(25-11-4-5-11)8-14(17(16)20)24-6-2-3-7-24/h8,10-11H,2-7H2,1H3. The zero-order valence-corrected chi connectivity index (χ0v) is 15.5. The molecule has 2 fully saturated rings. The van der Waals surface area contributed by atoms with Crippen LogP contribution in [0.15, 0.2) is 16.7 Å². The van der Waals surface area contributed by atoms with Crippen LogP contribution < -0.4 is 9.64 Å². The molecule has 4 rings (SSSR count). The maximum absolute atomic E-state index is 15.5. The lowest BCUT2D eigenvalue weighted by Crippen LogP contribution is -2.20. The van der Waals surface area contributed by atoms with Gasteiger partial charge < -0.3 is 9.64 Å². The highest BCUT2D eigenvalue weighted by Crippen LogP contribution is 2.43. The zero-order valence-electron chi connectivity index (χ0n) is 13.9. The summed E-state index contributed by atoms with van der Waals surface area (Å²) >= 11 is 3.43. The summed E-state index contributed by atoms with van der Waals surface area (Å²) in [5.74, 6) is 0.0855. The predicted molar refractivity (Wildman–Crippen MR) is 96.1 cm³/mol. The Morgan fingerprint density at radius 2 is 2.08 bits per heavy atom. The van der Waals surface area contributed by atoms with Gasteiger partial charge in [-0.3, -0.25) is 4.68 Å². The number of hydrogen-bond donors (Lipinski definition) is 0. The van der Waals surface area contributed by atoms with Crippen molar-refractivity contribution in [1.29, 1.82) is 5.26 Å². The Labute approximate surface area is 154 Å². The van der Waals surface area contributed by atoms with Gasteiger partial charge in [-0.15, -0.1) is 0 Å². The molecule has 0 N–H and O–H groups in total. The van der Waals surface area contributed by atoms with Crippen molar-refractivity contribution >= 4 is 21.6 Å². The van der Waals surface area contributed by atoms with Crippen molar-refractivity contribution in [3.05, 3.63) is 28.1 Å². The van der Waals surface area contributed by atoms with Crippen LogP contribution in [0, 0.1) is 17.1 Å². The number of aryl methyl sites for hydroxylation is 1. The van der Waals surface area contributed by atoms with E-state index in [1.165, 1.54) is 0 Å². The van der Waals surface area contributed by atoms with E-state index in [0.29, 0.717) is 21.6 Å². The van der Waals surface area contributed by atoms with Gasteiger partial charge in [0.15, 0.2) is 5.82 Å². The molecule has 0 amide bonds. The third-order valence-corrected chi connectivity index (χ3v) is 5.30. The van der Waals surface area contributed by atoms with Gasteiger partial charge in [0.1, 0.15) is 17.4 Å². The smallest absolute Gasteiger partial charge is 0.157 e. The van der Waals surface area contributed by atoms with Gasteiger partial charge in [-0.05, 0) is 41.6 Å². The summed E-state index contributed by atoms with van der Waals surface area (Å²) in [6.45, 7) is 1.63. The molecule has 1 aromatic carbocycles. The number of hydrogen-bond acceptors (Lipinski definition) is 4. The van der Waals surface area contributed by atoms with Crippen LogP contribution in [-0.4, -0.2) is 29.0 Å². The fraction of sp³-hybridized carbons (Fsp3) is 0.444. The molecule has 1 saturated carbocycles. The average Bonchev–Trinajstić information content (AvgIpc) is 3.12. The van der Waals surface area contributed by atoms with Gasteiger partial charge in [-0.25, -0.2) is 4.39 Å². The van der Waals surface area contributed by atoms with Crippen molar-refractivity contribution in [2.75, 3.05) is 18.0 Å². The van der Waals surface area contributed by atoms with Gasteiger partial charge >= 0.3 is 0 Å². The van der Waals surface area contributed by atoms with Gasteiger partial charge in [-0.1, -0.05) is 0 Å². The molecule has 2 aliphatic rings. The largest absolute Gasteiger partial charge is 0.489 e. The van der Waals surface area contributed by atoms with Gasteiger partial charge in [-0.2, -0.15) is 10.4 Å². The van der Waals surface area contributed by atoms with E-state index in [1.807, 2.05) is 4.90 Å². The zero-order chi connectivity index (χ0) is 17.6. The van der Waals surface area contributed by atoms with Crippen LogP contribution in [0.5, 0.6) is 5.75 Å². The van der Waals surface area contributed by atoms with Crippen molar-refractivity contribution in [2.24, 2.45) is 7.05 Å². The van der Waals surface area contributed by atoms with Gasteiger partial charge in [0.25, 0.3) is 0 Å². The molecular formula is C18H18BrFN4O. The van der Waals surface area contributed by atoms with Gasteiger partial charge in [0, 0.05) is 26.2 Å². The lowest BCUT2D eigenvalue weighted by Gasteiger charge is -2.22. The van der Waals surface area contributed by atoms with Crippen molar-refractivity contribution < 1.29 is 9.13 Å². The lowest BCUT2D eigenvalue weighted by molar-refractivity contribution is 0.302. The SMILES string of the molecule is Cn1ncc(Br)c1-c1c(F)c(N2CCCC2)cc(OC2CC2)c1C#N. The molecule has 0 atom stereocenters. The van der Waals surface area contributed by atoms with E-state index in [1.54, 1.807) is 24.0 Å². The quantitative estimate of drug-likeness (QED) is 0.772. The van der Waals surface area contributed by atoms with Gasteiger partial charge in [0.05, 0.1) is 33.7 Å². The first-order chi connectivity index (χ1) is 12.1. The number of aromatic nitrogens is 2. The summed E-state index contributed by atoms with van der Waals surface area (Å²) in [7, 11) is 1.74. The normalized spacial score (nSPS) is 17.0. The first-order valence-corrected chi connectivity index (χ1v) is 9.25. The number of ether oxygens (including phenoxy) is 1. The molecule has 1 saturated heterocycles. The third kappa shape index (κ3) is 2.89. The van der Waals surface area contributed by atoms with Crippen LogP contribution in [0.3, 0.4) is 0 Å². The number of nitrogens with zero attached hydrogens (tertiary/aromatic N) is 4. The fourth-order valence-electron chi connectivity index (χ4n) is 3.29. The molecule has 0 radical (unpaired) electrons. The van der Waals surface area contributed by atoms with Crippen LogP contribution in [-0.2, 0) is 7.05 Å². The van der Waals surface area contributed by atoms with E-state index < -0.39 is 0 Å². The molecule has 1 aliphatic carbocycles. The highest BCUT2D eigenvalue weighted by atomic mass is 79.9. The highest BCUT2D eigenvalue weighted by molar-refractivity contribution is 9.10. The Morgan fingerprint density at radius 3 is 2.64 bits per heavy atom. The minimum absolute atomic E-state index is 0.131. The van der Waals surface area contributed by atoms with E-state index in [-0.39, 0.29) is 23.0 Å². The molecule has 2 heterocycles. The Hall–Kier alpha value is -2.07. The van der Waals surface area contributed by atoms with Crippen molar-refractivity contribution in [2.45, 2.75) is 31.8 Å². The van der Waals surface area contributed by atoms with Crippen LogP contribution in [0.25, 0.3) is 11.3 Å². The van der Waals surface area contributed by atoms with Crippen molar-refractivity contribution in [1.82, 2.24) is 9.78 Å². The summed E-state index contributed by atoms with van der Waals surface area (Å²) in [5.41, 5.74) is 1.55. The summed E-state index contributed by atoms with van der Waals surface area (Å²) in [6, 6.07) is 3.85. The Bertz CT molecular complexity index is 843. The summed E-state index contributed by atoms with van der Waals surface area (Å²) in [6.07, 6.45) is 5.79. The summed E-state index contributed by atoms with van der Waals surface area (Å²) in [4.78, 5) is 2.03. The van der Waals surface area contributed by atoms with Crippen LogP contribution in [0.4, 0.5) is 10.1 Å². The Morgan fingerprint density at radius 1 is 1.36 bits per heavy atom. The summed E-state index contributed by atoms with van der Waals surface area (Å²) in [5, 5.41) is 13.9. The minimum Gasteiger partial charge on any atom is -0.489 e. The molecule has 1 aliphatic heterocycles. The molecule has 0 bridgehead atoms. The predicted octanol–water partition coefficient (Wildman–Crippen LogP) is 4.00. The van der Waals surface area contributed by atoms with Gasteiger partial charge in [0.2, 0.25) is 0 Å². The van der Waals surface area contributed by atoms with E-state index >= 15 is 4.39 Å². The van der Waals surface area contributed by atoms with E-state index in [4.69, 9.17) is 4.74 Å². The second-order valence-electron chi connectivity index (χ2n) is 6.55. The van der Waals surface area contributed by atoms with Crippen molar-refractivity contribution in [3.63, 3.8) is 0 Å². The van der Waals surface area contributed by atoms with Crippen LogP contribution in [0.2, 0.25) is 0 Å². The lowest BCUT2D eigenvalue weighted by atomic mass is 10.0. The Kier molecular flexibility index (Phi) is 4.16. The maximum atomic E-state index is 15.5. The van der Waals surface area contributed by atoms with E-state index in [0.717, 1.165) is 38.8 Å². The monoisotopic (exact) mass is 404 g/mol. The number of rotatable bonds is 4. The molecule has 2 aromatic rings. The Balaban J connectivity index is 1.96. The average molecular weight is 405 g/mol. The highest BCUT2D eigenvalue weighted by Gasteiger charge is 2.31. The molecular weight excluding hydrogens is 387 g/mol. The number of halogens is 2. The summed E-state index contributed by atoms with van der Waals surface area (Å²) < 4.78 is 23.7. The van der Waals surface area contributed by atoms with Crippen LogP contribution in [0.1, 0.15) is 31.2 Å². The van der Waals surface area contributed by atoms with E-state index in [9.17, 15) is 5.26 Å². The van der Waals surface area contributed by atoms with E-state index in [2.05, 4.69) is 27.1 Å². The second kappa shape index (κ2) is 6.34. The second-order valence-corrected chi connectivity index (χ2v) is 7.40. The molecule has 0 spiro atoms. The number of anilines is 1. The third-order valence-electron chi connectivity index (χ3n) is 4.72. The number of nitriles is 1. The number of benzene rings is 1. The maximum Gasteiger partial charge on any atom is 0.157 e. The molecule has 0 unspecified atom stereocenters. The topological polar surface area (TPSA) is 54.1 Å². The first kappa shape index (κ1) is 16.4.